The lowest BCUT2D eigenvalue weighted by atomic mass is 9.83. The smallest absolute Gasteiger partial charge is 0.238 e. The van der Waals surface area contributed by atoms with Crippen LogP contribution in [0.25, 0.3) is 0 Å². The van der Waals surface area contributed by atoms with Crippen LogP contribution in [0, 0.1) is 12.8 Å². The Balaban J connectivity index is 2.14. The van der Waals surface area contributed by atoms with E-state index in [0.29, 0.717) is 23.6 Å². The quantitative estimate of drug-likeness (QED) is 0.882. The maximum atomic E-state index is 11.8. The Morgan fingerprint density at radius 2 is 2.11 bits per heavy atom. The van der Waals surface area contributed by atoms with Crippen LogP contribution in [0.15, 0.2) is 23.1 Å². The second-order valence-corrected chi connectivity index (χ2v) is 6.55. The monoisotopic (exact) mass is 282 g/mol. The minimum Gasteiger partial charge on any atom is -0.326 e. The molecule has 1 fully saturated rings. The van der Waals surface area contributed by atoms with Crippen molar-refractivity contribution in [3.05, 3.63) is 23.8 Å². The van der Waals surface area contributed by atoms with Crippen LogP contribution in [0.4, 0.5) is 5.69 Å². The van der Waals surface area contributed by atoms with Crippen molar-refractivity contribution < 1.29 is 13.2 Å². The molecule has 5 nitrogen and oxygen atoms in total. The van der Waals surface area contributed by atoms with Crippen LogP contribution in [0.5, 0.6) is 0 Å². The van der Waals surface area contributed by atoms with Gasteiger partial charge in [0.2, 0.25) is 15.9 Å². The van der Waals surface area contributed by atoms with Gasteiger partial charge in [0.05, 0.1) is 4.90 Å². The molecule has 0 aromatic heterocycles. The van der Waals surface area contributed by atoms with Crippen LogP contribution in [-0.2, 0) is 14.8 Å². The van der Waals surface area contributed by atoms with Gasteiger partial charge in [-0.15, -0.1) is 0 Å². The number of nitrogens with two attached hydrogens (primary N) is 1. The second-order valence-electron chi connectivity index (χ2n) is 5.02. The molecule has 0 unspecified atom stereocenters. The highest BCUT2D eigenvalue weighted by atomic mass is 32.2. The maximum absolute atomic E-state index is 11.8. The number of amides is 1. The summed E-state index contributed by atoms with van der Waals surface area (Å²) in [5, 5.41) is 7.89. The molecule has 1 saturated carbocycles. The second kappa shape index (κ2) is 5.30. The molecule has 19 heavy (non-hydrogen) atoms. The predicted molar refractivity (Wildman–Crippen MR) is 73.1 cm³/mol. The molecule has 0 atom stereocenters. The lowest BCUT2D eigenvalue weighted by molar-refractivity contribution is -0.117. The number of carbonyl (C=O) groups excluding carboxylic acids is 1. The fraction of sp³-hybridized carbons (Fsp3) is 0.462. The molecule has 0 saturated heterocycles. The van der Waals surface area contributed by atoms with E-state index in [-0.39, 0.29) is 10.8 Å². The summed E-state index contributed by atoms with van der Waals surface area (Å²) in [6.07, 6.45) is 3.89. The van der Waals surface area contributed by atoms with Crippen LogP contribution >= 0.6 is 0 Å². The molecule has 1 aliphatic rings. The standard InChI is InChI=1S/C13H18N2O3S/c1-9-11(6-3-7-12(9)19(14,17)18)15-13(16)8-10-4-2-5-10/h3,6-7,10H,2,4-5,8H2,1H3,(H,15,16)(H2,14,17,18). The van der Waals surface area contributed by atoms with E-state index in [1.165, 1.54) is 12.5 Å². The van der Waals surface area contributed by atoms with E-state index in [1.807, 2.05) is 0 Å². The van der Waals surface area contributed by atoms with Gasteiger partial charge in [-0.2, -0.15) is 0 Å². The minimum atomic E-state index is -3.76. The Labute approximate surface area is 113 Å². The van der Waals surface area contributed by atoms with Gasteiger partial charge in [-0.1, -0.05) is 12.5 Å². The minimum absolute atomic E-state index is 0.0499. The molecule has 6 heteroatoms. The molecule has 1 aromatic rings. The Morgan fingerprint density at radius 1 is 1.42 bits per heavy atom. The molecular formula is C13H18N2O3S. The number of nitrogens with one attached hydrogen (secondary N) is 1. The topological polar surface area (TPSA) is 89.3 Å². The molecule has 0 heterocycles. The van der Waals surface area contributed by atoms with Gasteiger partial charge in [-0.3, -0.25) is 4.79 Å². The molecule has 104 valence electrons. The van der Waals surface area contributed by atoms with E-state index < -0.39 is 10.0 Å². The van der Waals surface area contributed by atoms with E-state index in [4.69, 9.17) is 5.14 Å². The summed E-state index contributed by atoms with van der Waals surface area (Å²) >= 11 is 0. The molecule has 2 rings (SSSR count). The Morgan fingerprint density at radius 3 is 2.63 bits per heavy atom. The molecular weight excluding hydrogens is 264 g/mol. The van der Waals surface area contributed by atoms with E-state index in [1.54, 1.807) is 19.1 Å². The number of hydrogen-bond acceptors (Lipinski definition) is 3. The molecule has 1 aromatic carbocycles. The molecule has 3 N–H and O–H groups in total. The van der Waals surface area contributed by atoms with Gasteiger partial charge >= 0.3 is 0 Å². The average Bonchev–Trinajstić information content (AvgIpc) is 2.25. The first kappa shape index (κ1) is 14.0. The number of benzene rings is 1. The number of sulfonamides is 1. The zero-order valence-electron chi connectivity index (χ0n) is 10.8. The van der Waals surface area contributed by atoms with Crippen LogP contribution < -0.4 is 10.5 Å². The molecule has 0 bridgehead atoms. The van der Waals surface area contributed by atoms with Crippen molar-refractivity contribution in [2.75, 3.05) is 5.32 Å². The first-order valence-corrected chi connectivity index (χ1v) is 7.85. The van der Waals surface area contributed by atoms with E-state index >= 15 is 0 Å². The number of anilines is 1. The number of primary sulfonamides is 1. The number of hydrogen-bond donors (Lipinski definition) is 2. The van der Waals surface area contributed by atoms with Crippen molar-refractivity contribution in [2.24, 2.45) is 11.1 Å². The van der Waals surface area contributed by atoms with Crippen molar-refractivity contribution in [3.63, 3.8) is 0 Å². The predicted octanol–water partition coefficient (Wildman–Crippen LogP) is 1.77. The van der Waals surface area contributed by atoms with Crippen LogP contribution in [-0.4, -0.2) is 14.3 Å². The third kappa shape index (κ3) is 3.33. The SMILES string of the molecule is Cc1c(NC(=O)CC2CCC2)cccc1S(N)(=O)=O. The maximum Gasteiger partial charge on any atom is 0.238 e. The Bertz CT molecular complexity index is 592. The third-order valence-corrected chi connectivity index (χ3v) is 4.62. The Hall–Kier alpha value is -1.40. The highest BCUT2D eigenvalue weighted by molar-refractivity contribution is 7.89. The number of carbonyl (C=O) groups is 1. The fourth-order valence-corrected chi connectivity index (χ4v) is 3.02. The molecule has 0 aliphatic heterocycles. The normalized spacial score (nSPS) is 15.9. The van der Waals surface area contributed by atoms with Gasteiger partial charge in [0, 0.05) is 12.1 Å². The summed E-state index contributed by atoms with van der Waals surface area (Å²) in [7, 11) is -3.76. The molecule has 0 radical (unpaired) electrons. The first-order chi connectivity index (χ1) is 8.88. The molecule has 1 amide bonds. The van der Waals surface area contributed by atoms with Crippen LogP contribution in [0.3, 0.4) is 0 Å². The zero-order chi connectivity index (χ0) is 14.0. The van der Waals surface area contributed by atoms with E-state index in [0.717, 1.165) is 12.8 Å². The summed E-state index contributed by atoms with van der Waals surface area (Å²) in [6.45, 7) is 1.64. The molecule has 0 spiro atoms. The number of rotatable bonds is 4. The summed E-state index contributed by atoms with van der Waals surface area (Å²) in [5.41, 5.74) is 0.989. The van der Waals surface area contributed by atoms with Gasteiger partial charge in [-0.05, 0) is 43.4 Å². The lowest BCUT2D eigenvalue weighted by Crippen LogP contribution is -2.22. The van der Waals surface area contributed by atoms with Crippen LogP contribution in [0.1, 0.15) is 31.2 Å². The van der Waals surface area contributed by atoms with Crippen molar-refractivity contribution in [1.82, 2.24) is 0 Å². The summed E-state index contributed by atoms with van der Waals surface area (Å²) in [5.74, 6) is 0.404. The largest absolute Gasteiger partial charge is 0.326 e. The van der Waals surface area contributed by atoms with Gasteiger partial charge in [0.1, 0.15) is 0 Å². The summed E-state index contributed by atoms with van der Waals surface area (Å²) in [4.78, 5) is 11.9. The van der Waals surface area contributed by atoms with Crippen molar-refractivity contribution >= 4 is 21.6 Å². The summed E-state index contributed by atoms with van der Waals surface area (Å²) < 4.78 is 22.8. The average molecular weight is 282 g/mol. The fourth-order valence-electron chi connectivity index (χ4n) is 2.22. The van der Waals surface area contributed by atoms with E-state index in [9.17, 15) is 13.2 Å². The molecule has 1 aliphatic carbocycles. The Kier molecular flexibility index (Phi) is 3.91. The van der Waals surface area contributed by atoms with Crippen LogP contribution in [0.2, 0.25) is 0 Å². The van der Waals surface area contributed by atoms with Gasteiger partial charge in [0.25, 0.3) is 0 Å². The zero-order valence-corrected chi connectivity index (χ0v) is 11.7. The third-order valence-electron chi connectivity index (χ3n) is 3.56. The van der Waals surface area contributed by atoms with Gasteiger partial charge in [0.15, 0.2) is 0 Å². The first-order valence-electron chi connectivity index (χ1n) is 6.30. The van der Waals surface area contributed by atoms with Gasteiger partial charge < -0.3 is 5.32 Å². The highest BCUT2D eigenvalue weighted by Gasteiger charge is 2.21. The van der Waals surface area contributed by atoms with Crippen molar-refractivity contribution in [3.8, 4) is 0 Å². The van der Waals surface area contributed by atoms with Gasteiger partial charge in [-0.25, -0.2) is 13.6 Å². The van der Waals surface area contributed by atoms with Crippen molar-refractivity contribution in [2.45, 2.75) is 37.5 Å². The highest BCUT2D eigenvalue weighted by Crippen LogP contribution is 2.30. The van der Waals surface area contributed by atoms with Crippen molar-refractivity contribution in [1.29, 1.82) is 0 Å². The van der Waals surface area contributed by atoms with E-state index in [2.05, 4.69) is 5.32 Å². The lowest BCUT2D eigenvalue weighted by Gasteiger charge is -2.24. The summed E-state index contributed by atoms with van der Waals surface area (Å²) in [6, 6.07) is 4.70.